The van der Waals surface area contributed by atoms with Crippen LogP contribution >= 0.6 is 11.6 Å². The number of alkyl halides is 1. The van der Waals surface area contributed by atoms with E-state index in [1.54, 1.807) is 19.4 Å². The van der Waals surface area contributed by atoms with Crippen LogP contribution in [0.3, 0.4) is 0 Å². The normalized spacial score (nSPS) is 12.2. The maximum atomic E-state index is 11.7. The highest BCUT2D eigenvalue weighted by molar-refractivity contribution is 6.21. The van der Waals surface area contributed by atoms with E-state index in [1.807, 2.05) is 6.92 Å². The molecule has 4 nitrogen and oxygen atoms in total. The second kappa shape index (κ2) is 6.45. The minimum absolute atomic E-state index is 0.169. The lowest BCUT2D eigenvalue weighted by Gasteiger charge is -2.09. The summed E-state index contributed by atoms with van der Waals surface area (Å²) in [5, 5.41) is 2.50. The number of carbonyl (C=O) groups excluding carboxylic acids is 1. The molecule has 1 heterocycles. The van der Waals surface area contributed by atoms with Gasteiger partial charge in [0, 0.05) is 26.0 Å². The summed E-state index contributed by atoms with van der Waals surface area (Å²) in [7, 11) is 1.57. The highest BCUT2D eigenvalue weighted by Crippen LogP contribution is 2.01. The summed E-state index contributed by atoms with van der Waals surface area (Å²) in [6.45, 7) is 2.68. The lowest BCUT2D eigenvalue weighted by molar-refractivity contribution is 0.0949. The molecule has 1 amide bonds. The molecule has 0 aliphatic heterocycles. The fourth-order valence-corrected chi connectivity index (χ4v) is 1.43. The van der Waals surface area contributed by atoms with Gasteiger partial charge in [0.05, 0.1) is 17.5 Å². The number of rotatable bonds is 5. The average molecular weight is 243 g/mol. The summed E-state index contributed by atoms with van der Waals surface area (Å²) in [6.07, 6.45) is 3.23. The Kier molecular flexibility index (Phi) is 5.22. The highest BCUT2D eigenvalue weighted by atomic mass is 35.5. The van der Waals surface area contributed by atoms with Crippen molar-refractivity contribution in [3.05, 3.63) is 29.6 Å². The van der Waals surface area contributed by atoms with Crippen molar-refractivity contribution in [2.45, 2.75) is 12.3 Å². The Morgan fingerprint density at radius 3 is 3.00 bits per heavy atom. The van der Waals surface area contributed by atoms with Crippen LogP contribution in [0.2, 0.25) is 0 Å². The summed E-state index contributed by atoms with van der Waals surface area (Å²) in [4.78, 5) is 15.6. The Labute approximate surface area is 100.0 Å². The molecule has 1 N–H and O–H groups in total. The molecule has 0 fully saturated rings. The Balaban J connectivity index is 2.47. The van der Waals surface area contributed by atoms with E-state index in [0.717, 1.165) is 5.56 Å². The maximum Gasteiger partial charge on any atom is 0.252 e. The topological polar surface area (TPSA) is 51.2 Å². The minimum atomic E-state index is -0.216. The molecule has 0 saturated carbocycles. The van der Waals surface area contributed by atoms with Crippen molar-refractivity contribution in [3.63, 3.8) is 0 Å². The largest absolute Gasteiger partial charge is 0.383 e. The number of hydrogen-bond acceptors (Lipinski definition) is 3. The number of ether oxygens (including phenoxy) is 1. The summed E-state index contributed by atoms with van der Waals surface area (Å²) >= 11 is 5.89. The van der Waals surface area contributed by atoms with Crippen LogP contribution in [0.5, 0.6) is 0 Å². The molecule has 88 valence electrons. The molecular formula is C11H15ClN2O2. The standard InChI is InChI=1S/C11H15ClN2O2/c1-8-3-9(5-13-4-8)11(15)14-6-10(12)7-16-2/h3-5,10H,6-7H2,1-2H3,(H,14,15). The van der Waals surface area contributed by atoms with Gasteiger partial charge in [0.15, 0.2) is 0 Å². The molecule has 0 bridgehead atoms. The predicted molar refractivity (Wildman–Crippen MR) is 62.8 cm³/mol. The van der Waals surface area contributed by atoms with Gasteiger partial charge in [-0.2, -0.15) is 0 Å². The van der Waals surface area contributed by atoms with Crippen LogP contribution < -0.4 is 5.32 Å². The van der Waals surface area contributed by atoms with Gasteiger partial charge in [-0.25, -0.2) is 0 Å². The molecule has 1 rings (SSSR count). The summed E-state index contributed by atoms with van der Waals surface area (Å²) in [5.41, 5.74) is 1.49. The van der Waals surface area contributed by atoms with E-state index in [9.17, 15) is 4.79 Å². The van der Waals surface area contributed by atoms with Crippen LogP contribution in [-0.2, 0) is 4.74 Å². The van der Waals surface area contributed by atoms with Gasteiger partial charge in [-0.1, -0.05) is 0 Å². The van der Waals surface area contributed by atoms with Gasteiger partial charge in [-0.15, -0.1) is 11.6 Å². The predicted octanol–water partition coefficient (Wildman–Crippen LogP) is 1.37. The first-order valence-electron chi connectivity index (χ1n) is 4.96. The molecule has 0 aliphatic rings. The van der Waals surface area contributed by atoms with Crippen LogP contribution in [0.1, 0.15) is 15.9 Å². The van der Waals surface area contributed by atoms with Crippen molar-refractivity contribution in [3.8, 4) is 0 Å². The molecule has 1 aromatic heterocycles. The number of methoxy groups -OCH3 is 1. The average Bonchev–Trinajstić information content (AvgIpc) is 2.26. The lowest BCUT2D eigenvalue weighted by Crippen LogP contribution is -2.31. The molecule has 0 spiro atoms. The van der Waals surface area contributed by atoms with E-state index >= 15 is 0 Å². The quantitative estimate of drug-likeness (QED) is 0.794. The smallest absolute Gasteiger partial charge is 0.252 e. The van der Waals surface area contributed by atoms with Gasteiger partial charge in [0.1, 0.15) is 0 Å². The van der Waals surface area contributed by atoms with Gasteiger partial charge >= 0.3 is 0 Å². The molecule has 0 radical (unpaired) electrons. The van der Waals surface area contributed by atoms with E-state index in [2.05, 4.69) is 10.3 Å². The SMILES string of the molecule is COCC(Cl)CNC(=O)c1cncc(C)c1. The number of pyridine rings is 1. The third kappa shape index (κ3) is 4.16. The number of carbonyl (C=O) groups is 1. The zero-order valence-electron chi connectivity index (χ0n) is 9.37. The Morgan fingerprint density at radius 1 is 1.62 bits per heavy atom. The van der Waals surface area contributed by atoms with Gasteiger partial charge in [-0.05, 0) is 18.6 Å². The summed E-state index contributed by atoms with van der Waals surface area (Å²) in [6, 6.07) is 1.78. The highest BCUT2D eigenvalue weighted by Gasteiger charge is 2.09. The van der Waals surface area contributed by atoms with E-state index in [-0.39, 0.29) is 11.3 Å². The van der Waals surface area contributed by atoms with Crippen molar-refractivity contribution in [1.29, 1.82) is 0 Å². The van der Waals surface area contributed by atoms with Crippen LogP contribution in [0.15, 0.2) is 18.5 Å². The molecule has 0 saturated heterocycles. The summed E-state index contributed by atoms with van der Waals surface area (Å²) < 4.78 is 4.87. The zero-order chi connectivity index (χ0) is 12.0. The fraction of sp³-hybridized carbons (Fsp3) is 0.455. The lowest BCUT2D eigenvalue weighted by atomic mass is 10.2. The molecule has 1 atom stereocenters. The molecule has 16 heavy (non-hydrogen) atoms. The first-order valence-corrected chi connectivity index (χ1v) is 5.40. The van der Waals surface area contributed by atoms with Crippen molar-refractivity contribution in [1.82, 2.24) is 10.3 Å². The van der Waals surface area contributed by atoms with Crippen molar-refractivity contribution in [2.75, 3.05) is 20.3 Å². The third-order valence-corrected chi connectivity index (χ3v) is 2.25. The van der Waals surface area contributed by atoms with Gasteiger partial charge in [-0.3, -0.25) is 9.78 Å². The Morgan fingerprint density at radius 2 is 2.38 bits per heavy atom. The number of nitrogens with zero attached hydrogens (tertiary/aromatic N) is 1. The number of hydrogen-bond donors (Lipinski definition) is 1. The van der Waals surface area contributed by atoms with Crippen LogP contribution in [0.4, 0.5) is 0 Å². The molecule has 0 aliphatic carbocycles. The van der Waals surface area contributed by atoms with Gasteiger partial charge in [0.25, 0.3) is 5.91 Å². The first-order chi connectivity index (χ1) is 7.63. The van der Waals surface area contributed by atoms with E-state index < -0.39 is 0 Å². The second-order valence-electron chi connectivity index (χ2n) is 3.51. The van der Waals surface area contributed by atoms with Crippen LogP contribution in [0.25, 0.3) is 0 Å². The monoisotopic (exact) mass is 242 g/mol. The van der Waals surface area contributed by atoms with Crippen LogP contribution in [-0.4, -0.2) is 36.5 Å². The zero-order valence-corrected chi connectivity index (χ0v) is 10.1. The van der Waals surface area contributed by atoms with Gasteiger partial charge in [0.2, 0.25) is 0 Å². The third-order valence-electron chi connectivity index (χ3n) is 1.97. The van der Waals surface area contributed by atoms with E-state index in [0.29, 0.717) is 18.7 Å². The second-order valence-corrected chi connectivity index (χ2v) is 4.13. The molecule has 1 unspecified atom stereocenters. The van der Waals surface area contributed by atoms with Crippen LogP contribution in [0, 0.1) is 6.92 Å². The van der Waals surface area contributed by atoms with E-state index in [4.69, 9.17) is 16.3 Å². The number of halogens is 1. The van der Waals surface area contributed by atoms with Gasteiger partial charge < -0.3 is 10.1 Å². The number of aryl methyl sites for hydroxylation is 1. The Bertz CT molecular complexity index is 358. The number of amides is 1. The molecule has 5 heteroatoms. The molecule has 1 aromatic rings. The first kappa shape index (κ1) is 12.9. The molecule has 0 aromatic carbocycles. The minimum Gasteiger partial charge on any atom is -0.383 e. The van der Waals surface area contributed by atoms with Crippen molar-refractivity contribution < 1.29 is 9.53 Å². The van der Waals surface area contributed by atoms with E-state index in [1.165, 1.54) is 6.20 Å². The Hall–Kier alpha value is -1.13. The fourth-order valence-electron chi connectivity index (χ4n) is 1.22. The number of aromatic nitrogens is 1. The maximum absolute atomic E-state index is 11.7. The number of nitrogens with one attached hydrogen (secondary N) is 1. The molecular weight excluding hydrogens is 228 g/mol. The summed E-state index contributed by atoms with van der Waals surface area (Å²) in [5.74, 6) is -0.169. The van der Waals surface area contributed by atoms with Crippen molar-refractivity contribution >= 4 is 17.5 Å². The van der Waals surface area contributed by atoms with Crippen molar-refractivity contribution in [2.24, 2.45) is 0 Å².